The highest BCUT2D eigenvalue weighted by Crippen LogP contribution is 2.34. The van der Waals surface area contributed by atoms with Crippen LogP contribution in [0.5, 0.6) is 0 Å². The van der Waals surface area contributed by atoms with Crippen molar-refractivity contribution in [3.05, 3.63) is 124 Å². The second kappa shape index (κ2) is 10.5. The van der Waals surface area contributed by atoms with E-state index >= 15 is 0 Å². The molecule has 190 valence electrons. The maximum atomic E-state index is 13.2. The zero-order valence-electron chi connectivity index (χ0n) is 20.1. The van der Waals surface area contributed by atoms with Gasteiger partial charge in [-0.3, -0.25) is 9.44 Å². The second-order valence-electron chi connectivity index (χ2n) is 8.56. The predicted octanol–water partition coefficient (Wildman–Crippen LogP) is 5.76. The van der Waals surface area contributed by atoms with Gasteiger partial charge in [0.05, 0.1) is 21.2 Å². The molecule has 4 aromatic carbocycles. The lowest BCUT2D eigenvalue weighted by atomic mass is 9.99. The Labute approximate surface area is 216 Å². The summed E-state index contributed by atoms with van der Waals surface area (Å²) in [6.07, 6.45) is 0. The number of nitroso groups, excluding NO2 is 1. The van der Waals surface area contributed by atoms with Crippen molar-refractivity contribution in [2.24, 2.45) is 5.18 Å². The quantitative estimate of drug-likeness (QED) is 0.264. The minimum Gasteiger partial charge on any atom is -0.277 e. The number of rotatable bonds is 9. The first-order chi connectivity index (χ1) is 17.6. The van der Waals surface area contributed by atoms with Crippen molar-refractivity contribution < 1.29 is 16.8 Å². The molecule has 4 aromatic rings. The van der Waals surface area contributed by atoms with Crippen molar-refractivity contribution in [3.8, 4) is 0 Å². The molecule has 2 N–H and O–H groups in total. The van der Waals surface area contributed by atoms with Gasteiger partial charge in [-0.15, -0.1) is 4.91 Å². The first kappa shape index (κ1) is 26.1. The van der Waals surface area contributed by atoms with Crippen molar-refractivity contribution in [1.29, 1.82) is 0 Å². The molecule has 1 atom stereocenters. The molecular weight excluding hydrogens is 510 g/mol. The predicted molar refractivity (Wildman–Crippen MR) is 144 cm³/mol. The van der Waals surface area contributed by atoms with Gasteiger partial charge in [0.25, 0.3) is 20.0 Å². The number of hydrogen-bond donors (Lipinski definition) is 2. The molecule has 0 aliphatic heterocycles. The van der Waals surface area contributed by atoms with E-state index in [2.05, 4.69) is 14.6 Å². The standard InChI is InChI=1S/C27H25N3O5S2/c1-19-8-13-23(14-9-19)36(32,33)29-25-17-12-22(27(28-31)21-6-4-3-5-7-21)18-26(25)30-37(34,35)24-15-10-20(2)11-16-24/h3-18,27,29-30H,1-2H3. The van der Waals surface area contributed by atoms with E-state index in [4.69, 9.17) is 0 Å². The summed E-state index contributed by atoms with van der Waals surface area (Å²) in [5, 5.41) is 3.23. The first-order valence-corrected chi connectivity index (χ1v) is 14.3. The Bertz CT molecular complexity index is 1620. The first-order valence-electron chi connectivity index (χ1n) is 11.3. The lowest BCUT2D eigenvalue weighted by Crippen LogP contribution is -2.18. The molecular formula is C27H25N3O5S2. The van der Waals surface area contributed by atoms with Gasteiger partial charge in [0, 0.05) is 0 Å². The molecule has 8 nitrogen and oxygen atoms in total. The van der Waals surface area contributed by atoms with Crippen LogP contribution in [-0.4, -0.2) is 16.8 Å². The van der Waals surface area contributed by atoms with E-state index in [-0.39, 0.29) is 21.2 Å². The number of sulfonamides is 2. The molecule has 0 aliphatic rings. The molecule has 0 saturated carbocycles. The highest BCUT2D eigenvalue weighted by molar-refractivity contribution is 7.93. The molecule has 4 rings (SSSR count). The van der Waals surface area contributed by atoms with E-state index in [0.717, 1.165) is 11.1 Å². The van der Waals surface area contributed by atoms with Gasteiger partial charge in [-0.25, -0.2) is 16.8 Å². The van der Waals surface area contributed by atoms with Crippen LogP contribution < -0.4 is 9.44 Å². The van der Waals surface area contributed by atoms with Crippen molar-refractivity contribution in [2.75, 3.05) is 9.44 Å². The van der Waals surface area contributed by atoms with Crippen molar-refractivity contribution in [1.82, 2.24) is 0 Å². The molecule has 0 aliphatic carbocycles. The van der Waals surface area contributed by atoms with Crippen LogP contribution >= 0.6 is 0 Å². The summed E-state index contributed by atoms with van der Waals surface area (Å²) < 4.78 is 57.5. The average molecular weight is 536 g/mol. The number of hydrogen-bond acceptors (Lipinski definition) is 6. The molecule has 0 heterocycles. The van der Waals surface area contributed by atoms with Crippen LogP contribution in [0, 0.1) is 18.8 Å². The summed E-state index contributed by atoms with van der Waals surface area (Å²) in [6.45, 7) is 3.67. The van der Waals surface area contributed by atoms with Gasteiger partial charge in [0.15, 0.2) is 0 Å². The highest BCUT2D eigenvalue weighted by Gasteiger charge is 2.23. The van der Waals surface area contributed by atoms with Crippen molar-refractivity contribution >= 4 is 31.4 Å². The number of nitrogens with zero attached hydrogens (tertiary/aromatic N) is 1. The average Bonchev–Trinajstić information content (AvgIpc) is 2.87. The largest absolute Gasteiger partial charge is 0.277 e. The molecule has 0 saturated heterocycles. The number of aryl methyl sites for hydroxylation is 2. The molecule has 0 radical (unpaired) electrons. The highest BCUT2D eigenvalue weighted by atomic mass is 32.2. The van der Waals surface area contributed by atoms with Crippen LogP contribution in [0.25, 0.3) is 0 Å². The third-order valence-electron chi connectivity index (χ3n) is 5.73. The number of anilines is 2. The Kier molecular flexibility index (Phi) is 7.42. The van der Waals surface area contributed by atoms with E-state index in [0.29, 0.717) is 11.1 Å². The van der Waals surface area contributed by atoms with E-state index in [9.17, 15) is 21.7 Å². The topological polar surface area (TPSA) is 122 Å². The Morgan fingerprint density at radius 3 is 1.57 bits per heavy atom. The van der Waals surface area contributed by atoms with E-state index in [1.54, 1.807) is 54.6 Å². The van der Waals surface area contributed by atoms with Gasteiger partial charge in [-0.05, 0) is 61.4 Å². The Hall–Kier alpha value is -4.02. The fourth-order valence-electron chi connectivity index (χ4n) is 3.70. The van der Waals surface area contributed by atoms with Gasteiger partial charge < -0.3 is 0 Å². The van der Waals surface area contributed by atoms with Crippen molar-refractivity contribution in [2.45, 2.75) is 29.7 Å². The minimum atomic E-state index is -4.09. The molecule has 0 fully saturated rings. The van der Waals surface area contributed by atoms with Crippen LogP contribution in [-0.2, 0) is 20.0 Å². The third-order valence-corrected chi connectivity index (χ3v) is 8.49. The molecule has 10 heteroatoms. The fraction of sp³-hybridized carbons (Fsp3) is 0.111. The summed E-state index contributed by atoms with van der Waals surface area (Å²) in [5.41, 5.74) is 2.73. The van der Waals surface area contributed by atoms with Gasteiger partial charge >= 0.3 is 0 Å². The summed E-state index contributed by atoms with van der Waals surface area (Å²) in [6, 6.07) is 24.7. The molecule has 37 heavy (non-hydrogen) atoms. The third kappa shape index (κ3) is 6.04. The summed E-state index contributed by atoms with van der Waals surface area (Å²) >= 11 is 0. The second-order valence-corrected chi connectivity index (χ2v) is 11.9. The van der Waals surface area contributed by atoms with Crippen LogP contribution in [0.15, 0.2) is 112 Å². The molecule has 0 aromatic heterocycles. The monoisotopic (exact) mass is 535 g/mol. The van der Waals surface area contributed by atoms with E-state index in [1.807, 2.05) is 13.8 Å². The normalized spacial score (nSPS) is 12.5. The zero-order valence-corrected chi connectivity index (χ0v) is 21.8. The van der Waals surface area contributed by atoms with Crippen LogP contribution in [0.3, 0.4) is 0 Å². The SMILES string of the molecule is Cc1ccc(S(=O)(=O)Nc2ccc(C(N=O)c3ccccc3)cc2NS(=O)(=O)c2ccc(C)cc2)cc1. The zero-order chi connectivity index (χ0) is 26.6. The summed E-state index contributed by atoms with van der Waals surface area (Å²) in [5.74, 6) is 0. The minimum absolute atomic E-state index is 0.00211. The van der Waals surface area contributed by atoms with Gasteiger partial charge in [0.2, 0.25) is 0 Å². The van der Waals surface area contributed by atoms with Crippen LogP contribution in [0.1, 0.15) is 28.3 Å². The van der Waals surface area contributed by atoms with Crippen molar-refractivity contribution in [3.63, 3.8) is 0 Å². The lowest BCUT2D eigenvalue weighted by Gasteiger charge is -2.18. The maximum Gasteiger partial charge on any atom is 0.261 e. The molecule has 0 spiro atoms. The Morgan fingerprint density at radius 1 is 0.595 bits per heavy atom. The van der Waals surface area contributed by atoms with Crippen LogP contribution in [0.2, 0.25) is 0 Å². The number of nitrogens with one attached hydrogen (secondary N) is 2. The molecule has 0 bridgehead atoms. The maximum absolute atomic E-state index is 13.2. The van der Waals surface area contributed by atoms with Gasteiger partial charge in [-0.1, -0.05) is 77.0 Å². The molecule has 0 amide bonds. The van der Waals surface area contributed by atoms with Gasteiger partial charge in [0.1, 0.15) is 6.04 Å². The summed E-state index contributed by atoms with van der Waals surface area (Å²) in [4.78, 5) is 11.8. The lowest BCUT2D eigenvalue weighted by molar-refractivity contribution is 0.599. The van der Waals surface area contributed by atoms with E-state index < -0.39 is 26.1 Å². The Balaban J connectivity index is 1.79. The van der Waals surface area contributed by atoms with E-state index in [1.165, 1.54) is 42.5 Å². The smallest absolute Gasteiger partial charge is 0.261 e. The number of benzene rings is 4. The van der Waals surface area contributed by atoms with Crippen LogP contribution in [0.4, 0.5) is 11.4 Å². The summed E-state index contributed by atoms with van der Waals surface area (Å²) in [7, 11) is -8.13. The fourth-order valence-corrected chi connectivity index (χ4v) is 5.85. The van der Waals surface area contributed by atoms with Gasteiger partial charge in [-0.2, -0.15) is 0 Å². The molecule has 1 unspecified atom stereocenters. The Morgan fingerprint density at radius 2 is 1.08 bits per heavy atom.